The molecule has 0 amide bonds. The molecule has 3 rings (SSSR count). The predicted molar refractivity (Wildman–Crippen MR) is 91.6 cm³/mol. The van der Waals surface area contributed by atoms with Crippen LogP contribution >= 0.6 is 0 Å². The Morgan fingerprint density at radius 2 is 1.54 bits per heavy atom. The van der Waals surface area contributed by atoms with Gasteiger partial charge in [-0.3, -0.25) is 0 Å². The smallest absolute Gasteiger partial charge is 0.426 e. The van der Waals surface area contributed by atoms with Crippen molar-refractivity contribution in [3.63, 3.8) is 0 Å². The Balaban J connectivity index is 1.63. The van der Waals surface area contributed by atoms with Gasteiger partial charge in [-0.05, 0) is 29.7 Å². The molecule has 0 saturated heterocycles. The van der Waals surface area contributed by atoms with Crippen molar-refractivity contribution in [2.75, 3.05) is 0 Å². The fourth-order valence-corrected chi connectivity index (χ4v) is 2.31. The summed E-state index contributed by atoms with van der Waals surface area (Å²) in [5.41, 5.74) is 3.16. The van der Waals surface area contributed by atoms with Gasteiger partial charge in [0, 0.05) is 12.3 Å². The van der Waals surface area contributed by atoms with E-state index in [-0.39, 0.29) is 5.88 Å². The van der Waals surface area contributed by atoms with Gasteiger partial charge in [-0.1, -0.05) is 60.7 Å². The van der Waals surface area contributed by atoms with Crippen molar-refractivity contribution in [1.29, 1.82) is 0 Å². The van der Waals surface area contributed by atoms with Crippen molar-refractivity contribution in [2.45, 2.75) is 13.0 Å². The van der Waals surface area contributed by atoms with E-state index in [0.717, 1.165) is 16.7 Å². The second-order valence-electron chi connectivity index (χ2n) is 5.27. The molecule has 24 heavy (non-hydrogen) atoms. The van der Waals surface area contributed by atoms with Gasteiger partial charge in [0.25, 0.3) is 0 Å². The zero-order valence-corrected chi connectivity index (χ0v) is 13.3. The lowest BCUT2D eigenvalue weighted by Gasteiger charge is -2.13. The highest BCUT2D eigenvalue weighted by atomic mass is 16.7. The van der Waals surface area contributed by atoms with E-state index in [1.807, 2.05) is 42.5 Å². The third kappa shape index (κ3) is 3.98. The molecule has 1 atom stereocenters. The molecule has 120 valence electrons. The zero-order chi connectivity index (χ0) is 16.8. The van der Waals surface area contributed by atoms with Gasteiger partial charge in [-0.2, -0.15) is 0 Å². The van der Waals surface area contributed by atoms with Crippen molar-refractivity contribution in [1.82, 2.24) is 4.98 Å². The van der Waals surface area contributed by atoms with E-state index >= 15 is 0 Å². The molecule has 1 aromatic heterocycles. The highest BCUT2D eigenvalue weighted by Gasteiger charge is 2.14. The summed E-state index contributed by atoms with van der Waals surface area (Å²) in [6.07, 6.45) is 0.369. The summed E-state index contributed by atoms with van der Waals surface area (Å²) in [6.45, 7) is 1.80. The highest BCUT2D eigenvalue weighted by molar-refractivity contribution is 5.65. The zero-order valence-electron chi connectivity index (χ0n) is 13.3. The highest BCUT2D eigenvalue weighted by Crippen LogP contribution is 2.23. The Bertz CT molecular complexity index is 786. The molecule has 0 radical (unpaired) electrons. The van der Waals surface area contributed by atoms with Crippen LogP contribution in [0, 0.1) is 0 Å². The number of aromatic nitrogens is 1. The second-order valence-corrected chi connectivity index (χ2v) is 5.27. The minimum absolute atomic E-state index is 0.217. The van der Waals surface area contributed by atoms with Gasteiger partial charge in [0.1, 0.15) is 6.10 Å². The molecule has 0 fully saturated rings. The van der Waals surface area contributed by atoms with Crippen LogP contribution in [-0.4, -0.2) is 11.1 Å². The average Bonchev–Trinajstić information content (AvgIpc) is 2.63. The molecular weight excluding hydrogens is 302 g/mol. The maximum atomic E-state index is 11.8. The van der Waals surface area contributed by atoms with Crippen molar-refractivity contribution in [2.24, 2.45) is 0 Å². The molecule has 0 aliphatic carbocycles. The molecule has 4 heteroatoms. The van der Waals surface area contributed by atoms with Gasteiger partial charge < -0.3 is 9.47 Å². The van der Waals surface area contributed by atoms with Crippen LogP contribution in [0.15, 0.2) is 79.0 Å². The number of carbonyl (C=O) groups is 1. The number of carbonyl (C=O) groups excluding carboxylic acids is 1. The molecule has 1 heterocycles. The van der Waals surface area contributed by atoms with Crippen molar-refractivity contribution < 1.29 is 14.3 Å². The van der Waals surface area contributed by atoms with Gasteiger partial charge in [0.2, 0.25) is 5.88 Å². The number of rotatable bonds is 4. The van der Waals surface area contributed by atoms with Gasteiger partial charge in [0.15, 0.2) is 0 Å². The summed E-state index contributed by atoms with van der Waals surface area (Å²) in [7, 11) is 0. The van der Waals surface area contributed by atoms with Gasteiger partial charge in [0.05, 0.1) is 0 Å². The van der Waals surface area contributed by atoms with E-state index in [4.69, 9.17) is 9.47 Å². The average molecular weight is 319 g/mol. The minimum Gasteiger partial charge on any atom is -0.426 e. The van der Waals surface area contributed by atoms with Crippen LogP contribution in [0.4, 0.5) is 4.79 Å². The lowest BCUT2D eigenvalue weighted by Crippen LogP contribution is -2.14. The summed E-state index contributed by atoms with van der Waals surface area (Å²) >= 11 is 0. The third-order valence-electron chi connectivity index (χ3n) is 3.59. The fourth-order valence-electron chi connectivity index (χ4n) is 2.31. The Labute approximate surface area is 140 Å². The molecule has 0 bridgehead atoms. The van der Waals surface area contributed by atoms with Gasteiger partial charge in [-0.25, -0.2) is 9.78 Å². The van der Waals surface area contributed by atoms with Gasteiger partial charge in [-0.15, -0.1) is 0 Å². The first-order chi connectivity index (χ1) is 11.7. The monoisotopic (exact) mass is 319 g/mol. The molecule has 0 saturated carbocycles. The molecule has 1 unspecified atom stereocenters. The maximum absolute atomic E-state index is 11.8. The number of ether oxygens (including phenoxy) is 2. The molecule has 0 N–H and O–H groups in total. The summed E-state index contributed by atoms with van der Waals surface area (Å²) in [4.78, 5) is 15.7. The SMILES string of the molecule is CC(OC(=O)Oc1ccccn1)c1ccc(-c2ccccc2)cc1. The van der Waals surface area contributed by atoms with Crippen LogP contribution in [0.25, 0.3) is 11.1 Å². The third-order valence-corrected chi connectivity index (χ3v) is 3.59. The quantitative estimate of drug-likeness (QED) is 0.633. The number of hydrogen-bond acceptors (Lipinski definition) is 4. The molecule has 2 aromatic carbocycles. The van der Waals surface area contributed by atoms with Crippen LogP contribution in [-0.2, 0) is 4.74 Å². The first kappa shape index (κ1) is 15.7. The first-order valence-corrected chi connectivity index (χ1v) is 7.67. The van der Waals surface area contributed by atoms with Crippen molar-refractivity contribution in [3.05, 3.63) is 84.6 Å². The normalized spacial score (nSPS) is 11.5. The van der Waals surface area contributed by atoms with Crippen LogP contribution in [0.2, 0.25) is 0 Å². The van der Waals surface area contributed by atoms with Crippen molar-refractivity contribution in [3.8, 4) is 17.0 Å². The molecule has 4 nitrogen and oxygen atoms in total. The maximum Gasteiger partial charge on any atom is 0.515 e. The lowest BCUT2D eigenvalue weighted by atomic mass is 10.0. The van der Waals surface area contributed by atoms with E-state index in [2.05, 4.69) is 17.1 Å². The van der Waals surface area contributed by atoms with Crippen LogP contribution in [0.1, 0.15) is 18.6 Å². The molecular formula is C20H17NO3. The molecule has 3 aromatic rings. The first-order valence-electron chi connectivity index (χ1n) is 7.67. The van der Waals surface area contributed by atoms with E-state index in [1.165, 1.54) is 0 Å². The Hall–Kier alpha value is -3.14. The summed E-state index contributed by atoms with van der Waals surface area (Å²) in [5, 5.41) is 0. The Kier molecular flexibility index (Phi) is 4.87. The number of hydrogen-bond donors (Lipinski definition) is 0. The topological polar surface area (TPSA) is 48.4 Å². The number of benzene rings is 2. The summed E-state index contributed by atoms with van der Waals surface area (Å²) in [6, 6.07) is 23.1. The summed E-state index contributed by atoms with van der Waals surface area (Å²) in [5.74, 6) is 0.217. The van der Waals surface area contributed by atoms with Crippen molar-refractivity contribution >= 4 is 6.16 Å². The summed E-state index contributed by atoms with van der Waals surface area (Å²) < 4.78 is 10.3. The second kappa shape index (κ2) is 7.42. The molecule has 0 aliphatic rings. The lowest BCUT2D eigenvalue weighted by molar-refractivity contribution is 0.0642. The number of pyridine rings is 1. The fraction of sp³-hybridized carbons (Fsp3) is 0.100. The van der Waals surface area contributed by atoms with Crippen LogP contribution in [0.5, 0.6) is 5.88 Å². The Morgan fingerprint density at radius 1 is 0.875 bits per heavy atom. The van der Waals surface area contributed by atoms with Crippen LogP contribution < -0.4 is 4.74 Å². The van der Waals surface area contributed by atoms with E-state index < -0.39 is 12.3 Å². The minimum atomic E-state index is -0.770. The molecule has 0 spiro atoms. The Morgan fingerprint density at radius 3 is 2.21 bits per heavy atom. The largest absolute Gasteiger partial charge is 0.515 e. The number of nitrogens with zero attached hydrogens (tertiary/aromatic N) is 1. The van der Waals surface area contributed by atoms with E-state index in [0.29, 0.717) is 0 Å². The standard InChI is InChI=1S/C20H17NO3/c1-15(23-20(22)24-19-9-5-6-14-21-19)16-10-12-18(13-11-16)17-7-3-2-4-8-17/h2-15H,1H3. The van der Waals surface area contributed by atoms with E-state index in [9.17, 15) is 4.79 Å². The molecule has 0 aliphatic heterocycles. The van der Waals surface area contributed by atoms with E-state index in [1.54, 1.807) is 31.3 Å². The van der Waals surface area contributed by atoms with Gasteiger partial charge >= 0.3 is 6.16 Å². The van der Waals surface area contributed by atoms with Crippen LogP contribution in [0.3, 0.4) is 0 Å². The predicted octanol–water partition coefficient (Wildman–Crippen LogP) is 5.03.